The molecule has 1 aliphatic rings. The summed E-state index contributed by atoms with van der Waals surface area (Å²) in [4.78, 5) is 24.2. The molecule has 1 saturated heterocycles. The molecule has 1 heterocycles. The highest BCUT2D eigenvalue weighted by atomic mass is 16.2. The van der Waals surface area contributed by atoms with Crippen LogP contribution >= 0.6 is 0 Å². The SMILES string of the molecule is N[C@H]1CC(=O)N(CCc2ccccc2)C1=O. The molecule has 0 spiro atoms. The number of nitrogens with two attached hydrogens (primary N) is 1. The molecule has 0 bridgehead atoms. The van der Waals surface area contributed by atoms with Crippen molar-refractivity contribution in [2.24, 2.45) is 5.73 Å². The first-order valence-corrected chi connectivity index (χ1v) is 5.32. The summed E-state index contributed by atoms with van der Waals surface area (Å²) in [6.07, 6.45) is 0.832. The highest BCUT2D eigenvalue weighted by Gasteiger charge is 2.35. The van der Waals surface area contributed by atoms with Crippen LogP contribution in [0.5, 0.6) is 0 Å². The summed E-state index contributed by atoms with van der Waals surface area (Å²) in [7, 11) is 0. The average Bonchev–Trinajstić information content (AvgIpc) is 2.53. The minimum absolute atomic E-state index is 0.146. The summed E-state index contributed by atoms with van der Waals surface area (Å²) in [5.41, 5.74) is 6.63. The molecule has 2 amide bonds. The fourth-order valence-electron chi connectivity index (χ4n) is 1.83. The predicted octanol–water partition coefficient (Wildman–Crippen LogP) is 0.315. The third-order valence-corrected chi connectivity index (χ3v) is 2.75. The van der Waals surface area contributed by atoms with Gasteiger partial charge in [-0.1, -0.05) is 30.3 Å². The predicted molar refractivity (Wildman–Crippen MR) is 59.5 cm³/mol. The summed E-state index contributed by atoms with van der Waals surface area (Å²) in [5.74, 6) is -0.408. The van der Waals surface area contributed by atoms with Gasteiger partial charge in [-0.2, -0.15) is 0 Å². The molecular formula is C12H14N2O2. The zero-order valence-electron chi connectivity index (χ0n) is 8.93. The molecule has 16 heavy (non-hydrogen) atoms. The second-order valence-corrected chi connectivity index (χ2v) is 3.93. The lowest BCUT2D eigenvalue weighted by Gasteiger charge is -2.13. The highest BCUT2D eigenvalue weighted by Crippen LogP contribution is 2.12. The van der Waals surface area contributed by atoms with E-state index in [9.17, 15) is 9.59 Å². The number of hydrogen-bond acceptors (Lipinski definition) is 3. The Morgan fingerprint density at radius 1 is 1.25 bits per heavy atom. The second kappa shape index (κ2) is 4.45. The van der Waals surface area contributed by atoms with E-state index in [-0.39, 0.29) is 18.2 Å². The van der Waals surface area contributed by atoms with E-state index in [0.717, 1.165) is 5.56 Å². The molecule has 1 atom stereocenters. The lowest BCUT2D eigenvalue weighted by molar-refractivity contribution is -0.138. The number of rotatable bonds is 3. The summed E-state index contributed by atoms with van der Waals surface area (Å²) >= 11 is 0. The number of imide groups is 1. The Balaban J connectivity index is 1.96. The molecule has 2 rings (SSSR count). The van der Waals surface area contributed by atoms with Crippen LogP contribution < -0.4 is 5.73 Å². The van der Waals surface area contributed by atoms with Gasteiger partial charge in [0.1, 0.15) is 0 Å². The van der Waals surface area contributed by atoms with Crippen LogP contribution in [0.3, 0.4) is 0 Å². The Morgan fingerprint density at radius 2 is 1.94 bits per heavy atom. The van der Waals surface area contributed by atoms with Crippen LogP contribution in [0.4, 0.5) is 0 Å². The van der Waals surface area contributed by atoms with Gasteiger partial charge in [-0.25, -0.2) is 0 Å². The molecule has 84 valence electrons. The van der Waals surface area contributed by atoms with Crippen molar-refractivity contribution >= 4 is 11.8 Å². The Labute approximate surface area is 94.0 Å². The van der Waals surface area contributed by atoms with Crippen molar-refractivity contribution in [3.05, 3.63) is 35.9 Å². The molecule has 0 unspecified atom stereocenters. The van der Waals surface area contributed by atoms with Crippen LogP contribution in [-0.2, 0) is 16.0 Å². The lowest BCUT2D eigenvalue weighted by atomic mass is 10.1. The van der Waals surface area contributed by atoms with Gasteiger partial charge < -0.3 is 5.73 Å². The van der Waals surface area contributed by atoms with Gasteiger partial charge >= 0.3 is 0 Å². The van der Waals surface area contributed by atoms with Gasteiger partial charge in [0.2, 0.25) is 11.8 Å². The number of carbonyl (C=O) groups is 2. The second-order valence-electron chi connectivity index (χ2n) is 3.93. The minimum atomic E-state index is -0.636. The topological polar surface area (TPSA) is 63.4 Å². The van der Waals surface area contributed by atoms with Crippen molar-refractivity contribution in [3.63, 3.8) is 0 Å². The van der Waals surface area contributed by atoms with Gasteiger partial charge in [-0.05, 0) is 12.0 Å². The number of carbonyl (C=O) groups excluding carboxylic acids is 2. The Kier molecular flexibility index (Phi) is 3.01. The van der Waals surface area contributed by atoms with Gasteiger partial charge in [0.15, 0.2) is 0 Å². The van der Waals surface area contributed by atoms with E-state index in [1.807, 2.05) is 30.3 Å². The highest BCUT2D eigenvalue weighted by molar-refractivity contribution is 6.05. The third kappa shape index (κ3) is 2.12. The molecule has 2 N–H and O–H groups in total. The smallest absolute Gasteiger partial charge is 0.246 e. The molecule has 1 aliphatic heterocycles. The van der Waals surface area contributed by atoms with Crippen molar-refractivity contribution in [3.8, 4) is 0 Å². The Morgan fingerprint density at radius 3 is 2.50 bits per heavy atom. The van der Waals surface area contributed by atoms with Crippen molar-refractivity contribution in [1.29, 1.82) is 0 Å². The standard InChI is InChI=1S/C12H14N2O2/c13-10-8-11(15)14(12(10)16)7-6-9-4-2-1-3-5-9/h1-5,10H,6-8,13H2/t10-/m0/s1. The maximum Gasteiger partial charge on any atom is 0.246 e. The van der Waals surface area contributed by atoms with E-state index in [0.29, 0.717) is 13.0 Å². The molecular weight excluding hydrogens is 204 g/mol. The molecule has 0 radical (unpaired) electrons. The van der Waals surface area contributed by atoms with Gasteiger partial charge in [0.25, 0.3) is 0 Å². The van der Waals surface area contributed by atoms with E-state index in [1.165, 1.54) is 4.90 Å². The minimum Gasteiger partial charge on any atom is -0.319 e. The lowest BCUT2D eigenvalue weighted by Crippen LogP contribution is -2.36. The summed E-state index contributed by atoms with van der Waals surface area (Å²) < 4.78 is 0. The van der Waals surface area contributed by atoms with Gasteiger partial charge in [-0.3, -0.25) is 14.5 Å². The van der Waals surface area contributed by atoms with Gasteiger partial charge in [-0.15, -0.1) is 0 Å². The Bertz CT molecular complexity index is 403. The van der Waals surface area contributed by atoms with Crippen LogP contribution in [0.1, 0.15) is 12.0 Å². The van der Waals surface area contributed by atoms with Crippen LogP contribution in [0.15, 0.2) is 30.3 Å². The van der Waals surface area contributed by atoms with Gasteiger partial charge in [0.05, 0.1) is 12.5 Å². The van der Waals surface area contributed by atoms with E-state index in [2.05, 4.69) is 0 Å². The van der Waals surface area contributed by atoms with Crippen molar-refractivity contribution in [1.82, 2.24) is 4.90 Å². The number of nitrogens with zero attached hydrogens (tertiary/aromatic N) is 1. The molecule has 4 heteroatoms. The first-order chi connectivity index (χ1) is 7.68. The molecule has 0 aromatic heterocycles. The van der Waals surface area contributed by atoms with E-state index in [4.69, 9.17) is 5.73 Å². The first kappa shape index (κ1) is 10.8. The summed E-state index contributed by atoms with van der Waals surface area (Å²) in [5, 5.41) is 0. The van der Waals surface area contributed by atoms with Crippen LogP contribution in [-0.4, -0.2) is 29.3 Å². The maximum absolute atomic E-state index is 11.5. The molecule has 1 aromatic rings. The van der Waals surface area contributed by atoms with Gasteiger partial charge in [0, 0.05) is 6.54 Å². The summed E-state index contributed by atoms with van der Waals surface area (Å²) in [6.45, 7) is 0.426. The summed E-state index contributed by atoms with van der Waals surface area (Å²) in [6, 6.07) is 9.13. The average molecular weight is 218 g/mol. The van der Waals surface area contributed by atoms with Crippen molar-refractivity contribution < 1.29 is 9.59 Å². The molecule has 0 aliphatic carbocycles. The quantitative estimate of drug-likeness (QED) is 0.743. The molecule has 1 fully saturated rings. The van der Waals surface area contributed by atoms with Crippen molar-refractivity contribution in [2.75, 3.05) is 6.54 Å². The Hall–Kier alpha value is -1.68. The zero-order valence-corrected chi connectivity index (χ0v) is 8.93. The van der Waals surface area contributed by atoms with Crippen LogP contribution in [0.25, 0.3) is 0 Å². The van der Waals surface area contributed by atoms with E-state index >= 15 is 0 Å². The zero-order chi connectivity index (χ0) is 11.5. The van der Waals surface area contributed by atoms with Crippen LogP contribution in [0, 0.1) is 0 Å². The monoisotopic (exact) mass is 218 g/mol. The fourth-order valence-corrected chi connectivity index (χ4v) is 1.83. The third-order valence-electron chi connectivity index (χ3n) is 2.75. The molecule has 1 aromatic carbocycles. The van der Waals surface area contributed by atoms with Crippen molar-refractivity contribution in [2.45, 2.75) is 18.9 Å². The number of hydrogen-bond donors (Lipinski definition) is 1. The molecule has 0 saturated carbocycles. The van der Waals surface area contributed by atoms with Crippen LogP contribution in [0.2, 0.25) is 0 Å². The number of likely N-dealkylation sites (tertiary alicyclic amines) is 1. The normalized spacial score (nSPS) is 20.6. The number of amides is 2. The molecule has 4 nitrogen and oxygen atoms in total. The maximum atomic E-state index is 11.5. The number of benzene rings is 1. The first-order valence-electron chi connectivity index (χ1n) is 5.32. The van der Waals surface area contributed by atoms with E-state index < -0.39 is 6.04 Å². The largest absolute Gasteiger partial charge is 0.319 e. The van der Waals surface area contributed by atoms with E-state index in [1.54, 1.807) is 0 Å². The fraction of sp³-hybridized carbons (Fsp3) is 0.333.